The van der Waals surface area contributed by atoms with E-state index in [1.54, 1.807) is 36.4 Å². The van der Waals surface area contributed by atoms with Gasteiger partial charge < -0.3 is 14.6 Å². The van der Waals surface area contributed by atoms with Crippen LogP contribution in [0.4, 0.5) is 4.79 Å². The Morgan fingerprint density at radius 3 is 2.79 bits per heavy atom. The van der Waals surface area contributed by atoms with Crippen LogP contribution in [0.25, 0.3) is 11.4 Å². The Bertz CT molecular complexity index is 1130. The molecule has 2 aliphatic heterocycles. The van der Waals surface area contributed by atoms with Gasteiger partial charge in [0.15, 0.2) is 5.54 Å². The van der Waals surface area contributed by atoms with Crippen LogP contribution in [0, 0.1) is 0 Å². The Kier molecular flexibility index (Phi) is 4.02. The van der Waals surface area contributed by atoms with Gasteiger partial charge in [0.05, 0.1) is 11.6 Å². The maximum atomic E-state index is 13.3. The molecule has 8 nitrogen and oxygen atoms in total. The van der Waals surface area contributed by atoms with E-state index in [0.29, 0.717) is 40.8 Å². The Hall–Kier alpha value is -3.39. The van der Waals surface area contributed by atoms with Gasteiger partial charge in [0.2, 0.25) is 11.7 Å². The lowest BCUT2D eigenvalue weighted by Crippen LogP contribution is -2.47. The van der Waals surface area contributed by atoms with Crippen LogP contribution in [0.15, 0.2) is 53.1 Å². The minimum atomic E-state index is -1.14. The first-order valence-corrected chi connectivity index (χ1v) is 9.40. The van der Waals surface area contributed by atoms with Crippen molar-refractivity contribution in [3.8, 4) is 17.1 Å². The van der Waals surface area contributed by atoms with Gasteiger partial charge in [-0.2, -0.15) is 4.98 Å². The van der Waals surface area contributed by atoms with Gasteiger partial charge in [0, 0.05) is 17.5 Å². The zero-order valence-electron chi connectivity index (χ0n) is 15.1. The van der Waals surface area contributed by atoms with Gasteiger partial charge in [0.1, 0.15) is 12.3 Å². The maximum absolute atomic E-state index is 13.3. The van der Waals surface area contributed by atoms with Crippen molar-refractivity contribution in [1.82, 2.24) is 20.4 Å². The number of aromatic nitrogens is 2. The van der Waals surface area contributed by atoms with E-state index < -0.39 is 11.6 Å². The summed E-state index contributed by atoms with van der Waals surface area (Å²) in [7, 11) is 0. The molecule has 146 valence electrons. The van der Waals surface area contributed by atoms with Crippen LogP contribution in [0.1, 0.15) is 17.9 Å². The smallest absolute Gasteiger partial charge is 0.325 e. The molecule has 0 radical (unpaired) electrons. The SMILES string of the molecule is O=C1N[C@]2(CCOc3ccccc32)C(=O)N1Cc1nc(-c2ccccc2Cl)no1. The quantitative estimate of drug-likeness (QED) is 0.666. The van der Waals surface area contributed by atoms with Crippen LogP contribution in [0.3, 0.4) is 0 Å². The van der Waals surface area contributed by atoms with Crippen molar-refractivity contribution in [3.05, 3.63) is 65.0 Å². The molecule has 1 N–H and O–H groups in total. The van der Waals surface area contributed by atoms with Crippen molar-refractivity contribution in [2.75, 3.05) is 6.61 Å². The second-order valence-electron chi connectivity index (χ2n) is 6.81. The van der Waals surface area contributed by atoms with Gasteiger partial charge in [-0.05, 0) is 18.2 Å². The van der Waals surface area contributed by atoms with E-state index in [0.717, 1.165) is 4.90 Å². The zero-order chi connectivity index (χ0) is 20.0. The van der Waals surface area contributed by atoms with Gasteiger partial charge in [-0.1, -0.05) is 47.1 Å². The molecule has 0 unspecified atom stereocenters. The number of para-hydroxylation sites is 1. The number of rotatable bonds is 3. The zero-order valence-corrected chi connectivity index (χ0v) is 15.8. The number of carbonyl (C=O) groups is 2. The van der Waals surface area contributed by atoms with E-state index in [4.69, 9.17) is 20.9 Å². The summed E-state index contributed by atoms with van der Waals surface area (Å²) in [6.07, 6.45) is 0.347. The lowest BCUT2D eigenvalue weighted by molar-refractivity contribution is -0.133. The van der Waals surface area contributed by atoms with Crippen molar-refractivity contribution in [2.24, 2.45) is 0 Å². The van der Waals surface area contributed by atoms with Crippen molar-refractivity contribution in [1.29, 1.82) is 0 Å². The lowest BCUT2D eigenvalue weighted by atomic mass is 9.84. The number of hydrogen-bond acceptors (Lipinski definition) is 6. The number of fused-ring (bicyclic) bond motifs is 2. The molecular formula is C20H15ClN4O4. The van der Waals surface area contributed by atoms with Crippen molar-refractivity contribution >= 4 is 23.5 Å². The monoisotopic (exact) mass is 410 g/mol. The number of urea groups is 1. The van der Waals surface area contributed by atoms with Crippen LogP contribution in [0.2, 0.25) is 5.02 Å². The molecule has 5 rings (SSSR count). The second-order valence-corrected chi connectivity index (χ2v) is 7.22. The van der Waals surface area contributed by atoms with Crippen molar-refractivity contribution < 1.29 is 18.8 Å². The molecule has 1 spiro atoms. The number of halogens is 1. The number of nitrogens with zero attached hydrogens (tertiary/aromatic N) is 3. The van der Waals surface area contributed by atoms with Crippen LogP contribution in [-0.2, 0) is 16.9 Å². The Morgan fingerprint density at radius 1 is 1.14 bits per heavy atom. The fraction of sp³-hybridized carbons (Fsp3) is 0.200. The third kappa shape index (κ3) is 2.75. The Labute approximate surface area is 170 Å². The molecule has 1 aromatic heterocycles. The van der Waals surface area contributed by atoms with E-state index in [1.807, 2.05) is 12.1 Å². The minimum absolute atomic E-state index is 0.132. The molecule has 1 atom stereocenters. The first kappa shape index (κ1) is 17.7. The van der Waals surface area contributed by atoms with Gasteiger partial charge in [0.25, 0.3) is 5.91 Å². The lowest BCUT2D eigenvalue weighted by Gasteiger charge is -2.33. The summed E-state index contributed by atoms with van der Waals surface area (Å²) in [6, 6.07) is 13.8. The first-order chi connectivity index (χ1) is 14.1. The average Bonchev–Trinajstić information content (AvgIpc) is 3.28. The van der Waals surface area contributed by atoms with E-state index in [9.17, 15) is 9.59 Å². The highest BCUT2D eigenvalue weighted by atomic mass is 35.5. The number of imide groups is 1. The predicted molar refractivity (Wildman–Crippen MR) is 102 cm³/mol. The molecule has 0 aliphatic carbocycles. The van der Waals surface area contributed by atoms with Gasteiger partial charge in [-0.3, -0.25) is 9.69 Å². The average molecular weight is 411 g/mol. The second kappa shape index (κ2) is 6.59. The van der Waals surface area contributed by atoms with Gasteiger partial charge in [-0.25, -0.2) is 4.79 Å². The summed E-state index contributed by atoms with van der Waals surface area (Å²) in [4.78, 5) is 31.3. The largest absolute Gasteiger partial charge is 0.493 e. The normalized spacial score (nSPS) is 20.5. The van der Waals surface area contributed by atoms with Crippen LogP contribution < -0.4 is 10.1 Å². The summed E-state index contributed by atoms with van der Waals surface area (Å²) >= 11 is 6.17. The molecule has 0 bridgehead atoms. The Balaban J connectivity index is 1.44. The molecule has 1 saturated heterocycles. The third-order valence-corrected chi connectivity index (χ3v) is 5.46. The summed E-state index contributed by atoms with van der Waals surface area (Å²) in [6.45, 7) is 0.195. The van der Waals surface area contributed by atoms with Crippen molar-refractivity contribution in [2.45, 2.75) is 18.5 Å². The molecule has 9 heteroatoms. The van der Waals surface area contributed by atoms with E-state index in [2.05, 4.69) is 15.5 Å². The van der Waals surface area contributed by atoms with Gasteiger partial charge in [-0.15, -0.1) is 0 Å². The molecule has 2 aromatic carbocycles. The van der Waals surface area contributed by atoms with Crippen LogP contribution in [-0.4, -0.2) is 33.6 Å². The standard InChI is InChI=1S/C20H15ClN4O4/c21-14-7-3-1-5-12(14)17-22-16(29-24-17)11-25-18(26)20(23-19(25)27)9-10-28-15-8-4-2-6-13(15)20/h1-8H,9-11H2,(H,23,27)/t20-/m0/s1. The molecule has 2 aliphatic rings. The number of ether oxygens (including phenoxy) is 1. The fourth-order valence-electron chi connectivity index (χ4n) is 3.72. The molecular weight excluding hydrogens is 396 g/mol. The minimum Gasteiger partial charge on any atom is -0.493 e. The number of carbonyl (C=O) groups excluding carboxylic acids is 2. The highest BCUT2D eigenvalue weighted by molar-refractivity contribution is 6.33. The third-order valence-electron chi connectivity index (χ3n) is 5.13. The summed E-state index contributed by atoms with van der Waals surface area (Å²) in [5.41, 5.74) is 0.114. The predicted octanol–water partition coefficient (Wildman–Crippen LogP) is 3.12. The van der Waals surface area contributed by atoms with E-state index in [-0.39, 0.29) is 18.3 Å². The number of amides is 3. The first-order valence-electron chi connectivity index (χ1n) is 9.02. The van der Waals surface area contributed by atoms with Crippen LogP contribution in [0.5, 0.6) is 5.75 Å². The molecule has 3 aromatic rings. The Morgan fingerprint density at radius 2 is 1.93 bits per heavy atom. The number of benzene rings is 2. The molecule has 3 amide bonds. The highest BCUT2D eigenvalue weighted by Gasteiger charge is 2.55. The van der Waals surface area contributed by atoms with Crippen LogP contribution >= 0.6 is 11.6 Å². The van der Waals surface area contributed by atoms with E-state index >= 15 is 0 Å². The maximum Gasteiger partial charge on any atom is 0.325 e. The summed E-state index contributed by atoms with van der Waals surface area (Å²) in [5.74, 6) is 0.661. The fourth-order valence-corrected chi connectivity index (χ4v) is 3.94. The molecule has 1 fully saturated rings. The summed E-state index contributed by atoms with van der Waals surface area (Å²) in [5, 5.41) is 7.24. The topological polar surface area (TPSA) is 97.6 Å². The summed E-state index contributed by atoms with van der Waals surface area (Å²) < 4.78 is 10.9. The highest BCUT2D eigenvalue weighted by Crippen LogP contribution is 2.41. The van der Waals surface area contributed by atoms with Crippen molar-refractivity contribution in [3.63, 3.8) is 0 Å². The van der Waals surface area contributed by atoms with E-state index in [1.165, 1.54) is 0 Å². The molecule has 0 saturated carbocycles. The number of hydrogen-bond donors (Lipinski definition) is 1. The molecule has 3 heterocycles. The van der Waals surface area contributed by atoms with Gasteiger partial charge >= 0.3 is 6.03 Å². The molecule has 29 heavy (non-hydrogen) atoms. The number of nitrogens with one attached hydrogen (secondary N) is 1.